The van der Waals surface area contributed by atoms with Crippen LogP contribution in [0.15, 0.2) is 18.2 Å². The van der Waals surface area contributed by atoms with Crippen LogP contribution in [0.25, 0.3) is 0 Å². The van der Waals surface area contributed by atoms with Gasteiger partial charge in [-0.3, -0.25) is 10.1 Å². The molecule has 1 fully saturated rings. The van der Waals surface area contributed by atoms with E-state index < -0.39 is 16.6 Å². The molecule has 0 radical (unpaired) electrons. The third-order valence-electron chi connectivity index (χ3n) is 3.60. The Morgan fingerprint density at radius 2 is 2.10 bits per heavy atom. The van der Waals surface area contributed by atoms with Gasteiger partial charge in [-0.15, -0.1) is 0 Å². The summed E-state index contributed by atoms with van der Waals surface area (Å²) >= 11 is 0. The zero-order chi connectivity index (χ0) is 14.7. The van der Waals surface area contributed by atoms with Gasteiger partial charge in [0.1, 0.15) is 5.56 Å². The quantitative estimate of drug-likeness (QED) is 0.572. The van der Waals surface area contributed by atoms with Crippen molar-refractivity contribution in [1.82, 2.24) is 0 Å². The van der Waals surface area contributed by atoms with Crippen LogP contribution in [0, 0.1) is 10.1 Å². The second-order valence-electron chi connectivity index (χ2n) is 4.99. The fraction of sp³-hybridized carbons (Fsp3) is 0.462. The lowest BCUT2D eigenvalue weighted by molar-refractivity contribution is -0.385. The van der Waals surface area contributed by atoms with Crippen LogP contribution in [0.5, 0.6) is 0 Å². The second-order valence-corrected chi connectivity index (χ2v) is 4.99. The van der Waals surface area contributed by atoms with Crippen molar-refractivity contribution in [2.75, 3.05) is 5.32 Å². The van der Waals surface area contributed by atoms with Crippen molar-refractivity contribution in [2.45, 2.75) is 37.8 Å². The van der Waals surface area contributed by atoms with Gasteiger partial charge in [0.25, 0.3) is 5.69 Å². The average Bonchev–Trinajstić information content (AvgIpc) is 2.41. The number of anilines is 1. The summed E-state index contributed by atoms with van der Waals surface area (Å²) in [6, 6.07) is 4.12. The Kier molecular flexibility index (Phi) is 4.19. The maximum atomic E-state index is 11.1. The largest absolute Gasteiger partial charge is 0.477 e. The topological polar surface area (TPSA) is 118 Å². The predicted octanol–water partition coefficient (Wildman–Crippen LogP) is 1.97. The van der Waals surface area contributed by atoms with E-state index in [1.54, 1.807) is 0 Å². The molecule has 2 unspecified atom stereocenters. The molecule has 2 rings (SSSR count). The third-order valence-corrected chi connectivity index (χ3v) is 3.60. The van der Waals surface area contributed by atoms with Crippen LogP contribution in [0.1, 0.15) is 36.0 Å². The van der Waals surface area contributed by atoms with E-state index in [9.17, 15) is 14.9 Å². The van der Waals surface area contributed by atoms with E-state index in [0.29, 0.717) is 5.69 Å². The van der Waals surface area contributed by atoms with Crippen LogP contribution in [0.3, 0.4) is 0 Å². The van der Waals surface area contributed by atoms with E-state index in [4.69, 9.17) is 10.8 Å². The zero-order valence-corrected chi connectivity index (χ0v) is 10.9. The number of carbonyl (C=O) groups is 1. The number of carboxylic acid groups (broad SMARTS) is 1. The molecule has 20 heavy (non-hydrogen) atoms. The van der Waals surface area contributed by atoms with Crippen LogP contribution in [0.2, 0.25) is 0 Å². The van der Waals surface area contributed by atoms with E-state index in [0.717, 1.165) is 25.7 Å². The number of nitrogens with one attached hydrogen (secondary N) is 1. The minimum atomic E-state index is -1.31. The van der Waals surface area contributed by atoms with Crippen molar-refractivity contribution < 1.29 is 14.8 Å². The Morgan fingerprint density at radius 1 is 1.40 bits per heavy atom. The molecule has 2 atom stereocenters. The molecule has 0 heterocycles. The molecule has 108 valence electrons. The number of aromatic carboxylic acids is 1. The Balaban J connectivity index is 2.22. The van der Waals surface area contributed by atoms with Gasteiger partial charge in [0.15, 0.2) is 0 Å². The molecule has 0 spiro atoms. The number of nitrogens with zero attached hydrogens (tertiary/aromatic N) is 1. The minimum Gasteiger partial charge on any atom is -0.477 e. The highest BCUT2D eigenvalue weighted by Gasteiger charge is 2.24. The predicted molar refractivity (Wildman–Crippen MR) is 73.9 cm³/mol. The summed E-state index contributed by atoms with van der Waals surface area (Å²) in [6.45, 7) is 0. The molecule has 1 aliphatic carbocycles. The Labute approximate surface area is 115 Å². The Hall–Kier alpha value is -2.15. The van der Waals surface area contributed by atoms with E-state index in [2.05, 4.69) is 5.32 Å². The van der Waals surface area contributed by atoms with Gasteiger partial charge in [-0.05, 0) is 25.0 Å². The van der Waals surface area contributed by atoms with Gasteiger partial charge in [-0.1, -0.05) is 12.8 Å². The van der Waals surface area contributed by atoms with Gasteiger partial charge in [0.2, 0.25) is 0 Å². The highest BCUT2D eigenvalue weighted by atomic mass is 16.6. The maximum absolute atomic E-state index is 11.1. The van der Waals surface area contributed by atoms with Crippen LogP contribution in [-0.2, 0) is 0 Å². The van der Waals surface area contributed by atoms with Crippen LogP contribution in [-0.4, -0.2) is 28.1 Å². The molecular formula is C13H17N3O4. The Bertz CT molecular complexity index is 532. The number of nitro benzene ring substituents is 1. The molecule has 0 aliphatic heterocycles. The van der Waals surface area contributed by atoms with Gasteiger partial charge in [0, 0.05) is 23.8 Å². The molecule has 1 aliphatic rings. The van der Waals surface area contributed by atoms with Crippen molar-refractivity contribution >= 4 is 17.3 Å². The number of rotatable bonds is 4. The molecule has 1 saturated carbocycles. The SMILES string of the molecule is NC1CCCCC1Nc1ccc([N+](=O)[O-])c(C(=O)O)c1. The van der Waals surface area contributed by atoms with E-state index in [-0.39, 0.29) is 17.6 Å². The lowest BCUT2D eigenvalue weighted by Crippen LogP contribution is -2.42. The third kappa shape index (κ3) is 3.05. The first-order valence-electron chi connectivity index (χ1n) is 6.53. The summed E-state index contributed by atoms with van der Waals surface area (Å²) < 4.78 is 0. The highest BCUT2D eigenvalue weighted by Crippen LogP contribution is 2.26. The molecular weight excluding hydrogens is 262 g/mol. The first-order chi connectivity index (χ1) is 9.49. The fourth-order valence-corrected chi connectivity index (χ4v) is 2.51. The number of carboxylic acids is 1. The van der Waals surface area contributed by atoms with Gasteiger partial charge in [-0.25, -0.2) is 4.79 Å². The lowest BCUT2D eigenvalue weighted by Gasteiger charge is -2.30. The summed E-state index contributed by atoms with van der Waals surface area (Å²) in [5, 5.41) is 23.0. The van der Waals surface area contributed by atoms with Gasteiger partial charge >= 0.3 is 5.97 Å². The van der Waals surface area contributed by atoms with Gasteiger partial charge < -0.3 is 16.2 Å². The zero-order valence-electron chi connectivity index (χ0n) is 10.9. The van der Waals surface area contributed by atoms with E-state index >= 15 is 0 Å². The van der Waals surface area contributed by atoms with Crippen LogP contribution in [0.4, 0.5) is 11.4 Å². The van der Waals surface area contributed by atoms with Gasteiger partial charge in [0.05, 0.1) is 4.92 Å². The summed E-state index contributed by atoms with van der Waals surface area (Å²) in [6.07, 6.45) is 4.01. The fourth-order valence-electron chi connectivity index (χ4n) is 2.51. The first kappa shape index (κ1) is 14.3. The van der Waals surface area contributed by atoms with Crippen molar-refractivity contribution in [2.24, 2.45) is 5.73 Å². The smallest absolute Gasteiger partial charge is 0.342 e. The number of benzene rings is 1. The minimum absolute atomic E-state index is 0.0206. The summed E-state index contributed by atoms with van der Waals surface area (Å²) in [4.78, 5) is 21.2. The molecule has 7 heteroatoms. The van der Waals surface area contributed by atoms with Gasteiger partial charge in [-0.2, -0.15) is 0 Å². The number of nitro groups is 1. The number of nitrogens with two attached hydrogens (primary N) is 1. The molecule has 0 saturated heterocycles. The average molecular weight is 279 g/mol. The molecule has 0 bridgehead atoms. The van der Waals surface area contributed by atoms with E-state index in [1.165, 1.54) is 18.2 Å². The summed E-state index contributed by atoms with van der Waals surface area (Å²) in [5.41, 5.74) is 5.85. The van der Waals surface area contributed by atoms with Crippen molar-refractivity contribution in [3.8, 4) is 0 Å². The van der Waals surface area contributed by atoms with Crippen molar-refractivity contribution in [3.63, 3.8) is 0 Å². The molecule has 7 nitrogen and oxygen atoms in total. The maximum Gasteiger partial charge on any atom is 0.342 e. The summed E-state index contributed by atoms with van der Waals surface area (Å²) in [5.74, 6) is -1.31. The normalized spacial score (nSPS) is 22.2. The second kappa shape index (κ2) is 5.87. The van der Waals surface area contributed by atoms with Crippen molar-refractivity contribution in [3.05, 3.63) is 33.9 Å². The van der Waals surface area contributed by atoms with Crippen LogP contribution >= 0.6 is 0 Å². The molecule has 1 aromatic carbocycles. The lowest BCUT2D eigenvalue weighted by atomic mass is 9.91. The molecule has 0 amide bonds. The highest BCUT2D eigenvalue weighted by molar-refractivity contribution is 5.93. The number of hydrogen-bond donors (Lipinski definition) is 3. The van der Waals surface area contributed by atoms with Crippen molar-refractivity contribution in [1.29, 1.82) is 0 Å². The summed E-state index contributed by atoms with van der Waals surface area (Å²) in [7, 11) is 0. The van der Waals surface area contributed by atoms with E-state index in [1.807, 2.05) is 0 Å². The molecule has 0 aromatic heterocycles. The monoisotopic (exact) mass is 279 g/mol. The first-order valence-corrected chi connectivity index (χ1v) is 6.53. The standard InChI is InChI=1S/C13H17N3O4/c14-10-3-1-2-4-11(10)15-8-5-6-12(16(19)20)9(7-8)13(17)18/h5-7,10-11,15H,1-4,14H2,(H,17,18). The van der Waals surface area contributed by atoms with Crippen LogP contribution < -0.4 is 11.1 Å². The molecule has 4 N–H and O–H groups in total. The number of hydrogen-bond acceptors (Lipinski definition) is 5. The molecule has 1 aromatic rings. The Morgan fingerprint density at radius 3 is 2.70 bits per heavy atom.